The van der Waals surface area contributed by atoms with Gasteiger partial charge in [-0.3, -0.25) is 4.79 Å². The van der Waals surface area contributed by atoms with Gasteiger partial charge in [-0.1, -0.05) is 17.7 Å². The minimum absolute atomic E-state index is 0.0253. The lowest BCUT2D eigenvalue weighted by Crippen LogP contribution is -2.39. The summed E-state index contributed by atoms with van der Waals surface area (Å²) in [5, 5.41) is 3.85. The van der Waals surface area contributed by atoms with Gasteiger partial charge in [0.15, 0.2) is 0 Å². The first-order valence-corrected chi connectivity index (χ1v) is 8.24. The van der Waals surface area contributed by atoms with Crippen molar-refractivity contribution in [2.24, 2.45) is 5.92 Å². The number of nitrogens with zero attached hydrogens (tertiary/aromatic N) is 1. The molecule has 0 atom stereocenters. The van der Waals surface area contributed by atoms with E-state index in [-0.39, 0.29) is 5.91 Å². The largest absolute Gasteiger partial charge is 0.339 e. The summed E-state index contributed by atoms with van der Waals surface area (Å²) in [6.07, 6.45) is 2.27. The predicted octanol–water partition coefficient (Wildman–Crippen LogP) is 3.56. The number of rotatable bonds is 4. The van der Waals surface area contributed by atoms with E-state index in [2.05, 4.69) is 21.2 Å². The van der Waals surface area contributed by atoms with Crippen molar-refractivity contribution in [3.05, 3.63) is 33.3 Å². The second-order valence-corrected chi connectivity index (χ2v) is 6.37. The molecule has 1 fully saturated rings. The van der Waals surface area contributed by atoms with E-state index >= 15 is 0 Å². The van der Waals surface area contributed by atoms with E-state index in [1.165, 1.54) is 0 Å². The van der Waals surface area contributed by atoms with Crippen LogP contribution in [0.4, 0.5) is 0 Å². The zero-order chi connectivity index (χ0) is 14.5. The summed E-state index contributed by atoms with van der Waals surface area (Å²) in [6.45, 7) is 5.65. The molecular weight excluding hydrogens is 340 g/mol. The summed E-state index contributed by atoms with van der Waals surface area (Å²) in [5.41, 5.74) is 0.580. The Morgan fingerprint density at radius 3 is 2.80 bits per heavy atom. The highest BCUT2D eigenvalue weighted by Crippen LogP contribution is 2.27. The monoisotopic (exact) mass is 358 g/mol. The van der Waals surface area contributed by atoms with Crippen molar-refractivity contribution < 1.29 is 4.79 Å². The van der Waals surface area contributed by atoms with Crippen LogP contribution in [0.2, 0.25) is 5.02 Å². The summed E-state index contributed by atoms with van der Waals surface area (Å²) >= 11 is 9.60. The average molecular weight is 360 g/mol. The van der Waals surface area contributed by atoms with E-state index in [1.54, 1.807) is 6.07 Å². The standard InChI is InChI=1S/C15H20BrClN2O/c1-2-19(10-11-6-8-18-9-7-11)15(20)12-4-3-5-13(16)14(12)17/h3-5,11,18H,2,6-10H2,1H3. The third-order valence-corrected chi connectivity index (χ3v) is 5.08. The van der Waals surface area contributed by atoms with Crippen molar-refractivity contribution in [2.45, 2.75) is 19.8 Å². The van der Waals surface area contributed by atoms with Crippen LogP contribution in [0.25, 0.3) is 0 Å². The topological polar surface area (TPSA) is 32.3 Å². The van der Waals surface area contributed by atoms with Crippen LogP contribution >= 0.6 is 27.5 Å². The Hall–Kier alpha value is -0.580. The zero-order valence-corrected chi connectivity index (χ0v) is 14.0. The van der Waals surface area contributed by atoms with E-state index in [1.807, 2.05) is 24.0 Å². The fraction of sp³-hybridized carbons (Fsp3) is 0.533. The lowest BCUT2D eigenvalue weighted by molar-refractivity contribution is 0.0727. The number of amides is 1. The number of hydrogen-bond donors (Lipinski definition) is 1. The van der Waals surface area contributed by atoms with Crippen LogP contribution in [0.5, 0.6) is 0 Å². The molecule has 20 heavy (non-hydrogen) atoms. The molecule has 0 unspecified atom stereocenters. The Morgan fingerprint density at radius 2 is 2.15 bits per heavy atom. The van der Waals surface area contributed by atoms with E-state index in [9.17, 15) is 4.79 Å². The molecule has 1 N–H and O–H groups in total. The third kappa shape index (κ3) is 3.74. The maximum atomic E-state index is 12.6. The van der Waals surface area contributed by atoms with Crippen molar-refractivity contribution >= 4 is 33.4 Å². The van der Waals surface area contributed by atoms with Gasteiger partial charge in [0.1, 0.15) is 0 Å². The summed E-state index contributed by atoms with van der Waals surface area (Å²) in [4.78, 5) is 14.5. The number of benzene rings is 1. The van der Waals surface area contributed by atoms with Gasteiger partial charge in [-0.15, -0.1) is 0 Å². The van der Waals surface area contributed by atoms with Gasteiger partial charge in [-0.05, 0) is 66.8 Å². The molecule has 110 valence electrons. The highest BCUT2D eigenvalue weighted by molar-refractivity contribution is 9.10. The molecule has 1 saturated heterocycles. The van der Waals surface area contributed by atoms with Crippen LogP contribution in [0.1, 0.15) is 30.1 Å². The van der Waals surface area contributed by atoms with Crippen molar-refractivity contribution in [1.29, 1.82) is 0 Å². The lowest BCUT2D eigenvalue weighted by atomic mass is 9.97. The fourth-order valence-corrected chi connectivity index (χ4v) is 3.14. The minimum atomic E-state index is 0.0253. The summed E-state index contributed by atoms with van der Waals surface area (Å²) < 4.78 is 0.767. The smallest absolute Gasteiger partial charge is 0.255 e. The highest BCUT2D eigenvalue weighted by atomic mass is 79.9. The molecule has 1 aliphatic rings. The molecule has 0 radical (unpaired) electrons. The number of nitrogens with one attached hydrogen (secondary N) is 1. The van der Waals surface area contributed by atoms with Crippen molar-refractivity contribution in [2.75, 3.05) is 26.2 Å². The molecule has 0 saturated carbocycles. The number of piperidine rings is 1. The van der Waals surface area contributed by atoms with E-state index in [0.717, 1.165) is 36.9 Å². The van der Waals surface area contributed by atoms with Gasteiger partial charge >= 0.3 is 0 Å². The lowest BCUT2D eigenvalue weighted by Gasteiger charge is -2.29. The van der Waals surface area contributed by atoms with E-state index in [0.29, 0.717) is 23.0 Å². The fourth-order valence-electron chi connectivity index (χ4n) is 2.57. The number of carbonyl (C=O) groups excluding carboxylic acids is 1. The Balaban J connectivity index is 2.10. The van der Waals surface area contributed by atoms with Crippen molar-refractivity contribution in [3.8, 4) is 0 Å². The first-order chi connectivity index (χ1) is 9.63. The Kier molecular flexibility index (Phi) is 5.87. The summed E-state index contributed by atoms with van der Waals surface area (Å²) in [5.74, 6) is 0.614. The molecule has 1 amide bonds. The molecule has 3 nitrogen and oxygen atoms in total. The van der Waals surface area contributed by atoms with Gasteiger partial charge in [0.05, 0.1) is 10.6 Å². The van der Waals surface area contributed by atoms with E-state index in [4.69, 9.17) is 11.6 Å². The maximum absolute atomic E-state index is 12.6. The molecule has 0 aromatic heterocycles. The van der Waals surface area contributed by atoms with Crippen molar-refractivity contribution in [1.82, 2.24) is 10.2 Å². The van der Waals surface area contributed by atoms with Crippen LogP contribution < -0.4 is 5.32 Å². The molecule has 0 bridgehead atoms. The SMILES string of the molecule is CCN(CC1CCNCC1)C(=O)c1cccc(Br)c1Cl. The quantitative estimate of drug-likeness (QED) is 0.891. The third-order valence-electron chi connectivity index (χ3n) is 3.79. The Morgan fingerprint density at radius 1 is 1.45 bits per heavy atom. The van der Waals surface area contributed by atoms with Gasteiger partial charge in [-0.2, -0.15) is 0 Å². The predicted molar refractivity (Wildman–Crippen MR) is 86.3 cm³/mol. The summed E-state index contributed by atoms with van der Waals surface area (Å²) in [6, 6.07) is 5.49. The van der Waals surface area contributed by atoms with Crippen LogP contribution in [0, 0.1) is 5.92 Å². The Bertz CT molecular complexity index is 475. The van der Waals surface area contributed by atoms with Gasteiger partial charge < -0.3 is 10.2 Å². The zero-order valence-electron chi connectivity index (χ0n) is 11.7. The first-order valence-electron chi connectivity index (χ1n) is 7.07. The first kappa shape index (κ1) is 15.8. The molecular formula is C15H20BrClN2O. The second-order valence-electron chi connectivity index (χ2n) is 5.14. The van der Waals surface area contributed by atoms with Gasteiger partial charge in [0, 0.05) is 17.6 Å². The highest BCUT2D eigenvalue weighted by Gasteiger charge is 2.22. The molecule has 5 heteroatoms. The van der Waals surface area contributed by atoms with Gasteiger partial charge in [-0.25, -0.2) is 0 Å². The normalized spacial score (nSPS) is 16.1. The Labute approximate surface area is 133 Å². The van der Waals surface area contributed by atoms with E-state index < -0.39 is 0 Å². The minimum Gasteiger partial charge on any atom is -0.339 e. The van der Waals surface area contributed by atoms with Gasteiger partial charge in [0.25, 0.3) is 5.91 Å². The van der Waals surface area contributed by atoms with Gasteiger partial charge in [0.2, 0.25) is 0 Å². The van der Waals surface area contributed by atoms with Crippen LogP contribution in [-0.2, 0) is 0 Å². The maximum Gasteiger partial charge on any atom is 0.255 e. The molecule has 1 aliphatic heterocycles. The molecule has 1 heterocycles. The van der Waals surface area contributed by atoms with Crippen LogP contribution in [0.3, 0.4) is 0 Å². The number of hydrogen-bond acceptors (Lipinski definition) is 2. The molecule has 0 aliphatic carbocycles. The number of halogens is 2. The average Bonchev–Trinajstić information content (AvgIpc) is 2.48. The van der Waals surface area contributed by atoms with Crippen molar-refractivity contribution in [3.63, 3.8) is 0 Å². The molecule has 1 aromatic rings. The second kappa shape index (κ2) is 7.43. The molecule has 2 rings (SSSR count). The molecule has 1 aromatic carbocycles. The van der Waals surface area contributed by atoms with Crippen LogP contribution in [-0.4, -0.2) is 37.0 Å². The molecule has 0 spiro atoms. The number of carbonyl (C=O) groups is 1. The van der Waals surface area contributed by atoms with Crippen LogP contribution in [0.15, 0.2) is 22.7 Å². The summed E-state index contributed by atoms with van der Waals surface area (Å²) in [7, 11) is 0.